The Morgan fingerprint density at radius 3 is 2.21 bits per heavy atom. The normalized spacial score (nSPS) is 51.3. The first-order valence-electron chi connectivity index (χ1n) is 13.7. The van der Waals surface area contributed by atoms with Gasteiger partial charge in [-0.05, 0) is 84.9 Å². The fraction of sp³-hybridized carbons (Fsp3) is 0.867. The third-order valence-corrected chi connectivity index (χ3v) is 12.6. The van der Waals surface area contributed by atoms with Crippen LogP contribution in [0.3, 0.4) is 0 Å². The fourth-order valence-corrected chi connectivity index (χ4v) is 10.7. The molecule has 5 aliphatic carbocycles. The molecule has 0 amide bonds. The van der Waals surface area contributed by atoms with Crippen molar-refractivity contribution in [2.45, 2.75) is 112 Å². The number of hydrogen-bond acceptors (Lipinski definition) is 3. The number of aliphatic hydroxyl groups excluding tert-OH is 1. The molecule has 2 N–H and O–H groups in total. The van der Waals surface area contributed by atoms with Crippen LogP contribution in [0.25, 0.3) is 0 Å². The largest absolute Gasteiger partial charge is 0.481 e. The minimum atomic E-state index is -0.706. The number of aliphatic hydroxyl groups is 1. The molecule has 4 nitrogen and oxygen atoms in total. The second kappa shape index (κ2) is 6.99. The maximum Gasteiger partial charge on any atom is 0.313 e. The molecule has 4 fully saturated rings. The van der Waals surface area contributed by atoms with Crippen LogP contribution in [0.1, 0.15) is 106 Å². The summed E-state index contributed by atoms with van der Waals surface area (Å²) in [6.45, 7) is 15.8. The Morgan fingerprint density at radius 1 is 0.912 bits per heavy atom. The predicted molar refractivity (Wildman–Crippen MR) is 133 cm³/mol. The number of fused-ring (bicyclic) bond motifs is 7. The summed E-state index contributed by atoms with van der Waals surface area (Å²) in [5.74, 6) is 0.358. The van der Waals surface area contributed by atoms with Gasteiger partial charge in [0.05, 0.1) is 11.5 Å². The first-order valence-corrected chi connectivity index (χ1v) is 13.7. The van der Waals surface area contributed by atoms with Crippen LogP contribution >= 0.6 is 0 Å². The first kappa shape index (κ1) is 24.5. The van der Waals surface area contributed by atoms with Gasteiger partial charge < -0.3 is 10.2 Å². The molecule has 4 saturated carbocycles. The zero-order valence-corrected chi connectivity index (χ0v) is 22.5. The number of allylic oxidation sites excluding steroid dienone is 1. The molecular weight excluding hydrogens is 424 g/mol. The van der Waals surface area contributed by atoms with Crippen LogP contribution in [0.4, 0.5) is 0 Å². The zero-order valence-electron chi connectivity index (χ0n) is 22.5. The van der Waals surface area contributed by atoms with Gasteiger partial charge in [0.25, 0.3) is 0 Å². The maximum absolute atomic E-state index is 12.9. The van der Waals surface area contributed by atoms with Crippen molar-refractivity contribution in [2.24, 2.45) is 50.2 Å². The van der Waals surface area contributed by atoms with Crippen LogP contribution in [-0.2, 0) is 9.59 Å². The molecule has 0 spiro atoms. The molecular formula is C30H46O4. The fourth-order valence-electron chi connectivity index (χ4n) is 10.7. The lowest BCUT2D eigenvalue weighted by molar-refractivity contribution is -0.243. The summed E-state index contributed by atoms with van der Waals surface area (Å²) in [6, 6.07) is 0. The van der Waals surface area contributed by atoms with Crippen LogP contribution in [0.15, 0.2) is 11.6 Å². The molecule has 0 bridgehead atoms. The molecule has 8 atom stereocenters. The smallest absolute Gasteiger partial charge is 0.313 e. The number of hydrogen-bond donors (Lipinski definition) is 2. The molecule has 0 radical (unpaired) electrons. The van der Waals surface area contributed by atoms with E-state index in [2.05, 4.69) is 54.5 Å². The van der Waals surface area contributed by atoms with Gasteiger partial charge in [-0.2, -0.15) is 0 Å². The Hall–Kier alpha value is -1.16. The average molecular weight is 471 g/mol. The third kappa shape index (κ3) is 2.81. The quantitative estimate of drug-likeness (QED) is 0.434. The van der Waals surface area contributed by atoms with Gasteiger partial charge in [0.15, 0.2) is 0 Å². The Balaban J connectivity index is 1.62. The molecule has 0 heterocycles. The zero-order chi connectivity index (χ0) is 25.1. The molecule has 3 unspecified atom stereocenters. The molecule has 4 heteroatoms. The number of Topliss-reactive ketones (excluding diaryl/α,β-unsaturated/α-hetero) is 1. The molecule has 0 saturated heterocycles. The Labute approximate surface area is 206 Å². The maximum atomic E-state index is 12.9. The molecule has 0 aliphatic heterocycles. The van der Waals surface area contributed by atoms with Crippen LogP contribution in [0.2, 0.25) is 0 Å². The Kier molecular flexibility index (Phi) is 5.04. The van der Waals surface area contributed by atoms with Crippen molar-refractivity contribution >= 4 is 11.8 Å². The number of carbonyl (C=O) groups is 2. The van der Waals surface area contributed by atoms with E-state index in [1.54, 1.807) is 0 Å². The molecule has 0 aromatic carbocycles. The van der Waals surface area contributed by atoms with Gasteiger partial charge in [-0.25, -0.2) is 0 Å². The summed E-state index contributed by atoms with van der Waals surface area (Å²) in [5.41, 5.74) is -0.168. The van der Waals surface area contributed by atoms with E-state index in [0.29, 0.717) is 24.5 Å². The highest BCUT2D eigenvalue weighted by Gasteiger charge is 2.71. The van der Waals surface area contributed by atoms with Gasteiger partial charge in [-0.15, -0.1) is 0 Å². The van der Waals surface area contributed by atoms with E-state index in [0.717, 1.165) is 44.9 Å². The Bertz CT molecular complexity index is 961. The summed E-state index contributed by atoms with van der Waals surface area (Å²) in [6.07, 6.45) is 9.43. The van der Waals surface area contributed by atoms with Crippen LogP contribution in [-0.4, -0.2) is 28.1 Å². The lowest BCUT2D eigenvalue weighted by Crippen LogP contribution is -2.69. The summed E-state index contributed by atoms with van der Waals surface area (Å²) < 4.78 is 0. The van der Waals surface area contributed by atoms with E-state index < -0.39 is 22.9 Å². The average Bonchev–Trinajstić information content (AvgIpc) is 2.70. The van der Waals surface area contributed by atoms with Crippen LogP contribution < -0.4 is 0 Å². The van der Waals surface area contributed by atoms with Crippen molar-refractivity contribution < 1.29 is 19.8 Å². The van der Waals surface area contributed by atoms with Crippen molar-refractivity contribution in [3.05, 3.63) is 11.6 Å². The van der Waals surface area contributed by atoms with E-state index in [1.807, 2.05) is 0 Å². The number of carboxylic acid groups (broad SMARTS) is 1. The van der Waals surface area contributed by atoms with Gasteiger partial charge in [-0.3, -0.25) is 9.59 Å². The minimum absolute atomic E-state index is 0.00555. The van der Waals surface area contributed by atoms with E-state index >= 15 is 0 Å². The van der Waals surface area contributed by atoms with Crippen molar-refractivity contribution in [3.63, 3.8) is 0 Å². The van der Waals surface area contributed by atoms with Crippen molar-refractivity contribution in [2.75, 3.05) is 0 Å². The molecule has 5 rings (SSSR count). The van der Waals surface area contributed by atoms with E-state index in [-0.39, 0.29) is 33.5 Å². The topological polar surface area (TPSA) is 74.6 Å². The van der Waals surface area contributed by atoms with E-state index in [4.69, 9.17) is 0 Å². The van der Waals surface area contributed by atoms with Crippen LogP contribution in [0.5, 0.6) is 0 Å². The highest BCUT2D eigenvalue weighted by molar-refractivity contribution is 5.85. The minimum Gasteiger partial charge on any atom is -0.481 e. The van der Waals surface area contributed by atoms with Gasteiger partial charge in [0.1, 0.15) is 5.78 Å². The molecule has 34 heavy (non-hydrogen) atoms. The summed E-state index contributed by atoms with van der Waals surface area (Å²) in [5, 5.41) is 22.2. The van der Waals surface area contributed by atoms with Gasteiger partial charge in [0, 0.05) is 17.8 Å². The second-order valence-electron chi connectivity index (χ2n) is 14.9. The van der Waals surface area contributed by atoms with E-state index in [1.165, 1.54) is 5.57 Å². The molecule has 5 aliphatic rings. The monoisotopic (exact) mass is 470 g/mol. The number of rotatable bonds is 1. The molecule has 190 valence electrons. The number of ketones is 1. The lowest BCUT2D eigenvalue weighted by Gasteiger charge is -2.72. The SMILES string of the molecule is CC1(C)C=C2C3CCC4[C@@]5(C)CCC(=O)C(C)(C)C5[C@H](O)C[C@@]4(C)[C@]3(C)CC[C@@]2(C(=O)O)CC1. The third-order valence-electron chi connectivity index (χ3n) is 12.6. The number of carboxylic acids is 1. The van der Waals surface area contributed by atoms with Crippen molar-refractivity contribution in [1.82, 2.24) is 0 Å². The summed E-state index contributed by atoms with van der Waals surface area (Å²) >= 11 is 0. The van der Waals surface area contributed by atoms with Gasteiger partial charge >= 0.3 is 5.97 Å². The highest BCUT2D eigenvalue weighted by Crippen LogP contribution is 2.76. The number of carbonyl (C=O) groups excluding carboxylic acids is 1. The number of aliphatic carboxylic acids is 1. The van der Waals surface area contributed by atoms with Crippen molar-refractivity contribution in [3.8, 4) is 0 Å². The standard InChI is InChI=1S/C30H46O4/c1-25(2)12-14-30(24(33)34)15-13-28(6)18(19(30)16-25)8-9-21-27(5)11-10-22(32)26(3,4)23(27)20(31)17-29(21,28)7/h16,18,20-21,23,31H,8-15,17H2,1-7H3,(H,33,34)/t18?,20-,21?,23?,27-,28-,29-,30+/m1/s1. The predicted octanol–water partition coefficient (Wildman–Crippen LogP) is 6.41. The van der Waals surface area contributed by atoms with E-state index in [9.17, 15) is 19.8 Å². The summed E-state index contributed by atoms with van der Waals surface area (Å²) in [7, 11) is 0. The van der Waals surface area contributed by atoms with Crippen LogP contribution in [0, 0.1) is 50.2 Å². The lowest BCUT2D eigenvalue weighted by atomic mass is 9.32. The first-order chi connectivity index (χ1) is 15.6. The highest BCUT2D eigenvalue weighted by atomic mass is 16.4. The second-order valence-corrected chi connectivity index (χ2v) is 14.9. The Morgan fingerprint density at radius 2 is 1.56 bits per heavy atom. The van der Waals surface area contributed by atoms with Gasteiger partial charge in [0.2, 0.25) is 0 Å². The summed E-state index contributed by atoms with van der Waals surface area (Å²) in [4.78, 5) is 25.7. The van der Waals surface area contributed by atoms with Gasteiger partial charge in [-0.1, -0.05) is 60.1 Å². The van der Waals surface area contributed by atoms with Crippen molar-refractivity contribution in [1.29, 1.82) is 0 Å². The molecule has 0 aromatic heterocycles. The molecule has 0 aromatic rings.